The van der Waals surface area contributed by atoms with E-state index in [9.17, 15) is 0 Å². The summed E-state index contributed by atoms with van der Waals surface area (Å²) in [5.74, 6) is 0. The molecule has 0 aliphatic carbocycles. The normalized spacial score (nSPS) is 10.7. The van der Waals surface area contributed by atoms with Gasteiger partial charge in [0.25, 0.3) is 0 Å². The molecule has 0 atom stereocenters. The van der Waals surface area contributed by atoms with Gasteiger partial charge in [-0.1, -0.05) is 17.4 Å². The molecule has 0 saturated heterocycles. The first-order valence-electron chi connectivity index (χ1n) is 4.01. The van der Waals surface area contributed by atoms with E-state index in [0.29, 0.717) is 0 Å². The molecule has 0 aliphatic rings. The van der Waals surface area contributed by atoms with Crippen LogP contribution in [-0.4, -0.2) is 24.2 Å². The minimum atomic E-state index is 0.0331. The third kappa shape index (κ3) is 3.21. The molecular weight excluding hydrogens is 166 g/mol. The molecule has 13 heavy (non-hydrogen) atoms. The lowest BCUT2D eigenvalue weighted by Gasteiger charge is -2.01. The maximum absolute atomic E-state index is 8.86. The van der Waals surface area contributed by atoms with Gasteiger partial charge in [0.1, 0.15) is 0 Å². The van der Waals surface area contributed by atoms with E-state index in [1.54, 1.807) is 25.2 Å². The predicted molar refractivity (Wildman–Crippen MR) is 50.6 cm³/mol. The van der Waals surface area contributed by atoms with Crippen LogP contribution in [0.3, 0.4) is 0 Å². The van der Waals surface area contributed by atoms with Crippen LogP contribution in [-0.2, 0) is 6.61 Å². The van der Waals surface area contributed by atoms with Crippen LogP contribution in [0, 0.1) is 0 Å². The van der Waals surface area contributed by atoms with Gasteiger partial charge in [-0.15, -0.1) is 5.11 Å². The van der Waals surface area contributed by atoms with Crippen molar-refractivity contribution in [3.8, 4) is 0 Å². The van der Waals surface area contributed by atoms with Crippen molar-refractivity contribution in [1.82, 2.24) is 5.01 Å². The van der Waals surface area contributed by atoms with Gasteiger partial charge in [-0.2, -0.15) is 0 Å². The number of rotatable bonds is 3. The maximum Gasteiger partial charge on any atom is 0.0877 e. The van der Waals surface area contributed by atoms with E-state index in [2.05, 4.69) is 10.3 Å². The molecule has 0 spiro atoms. The second kappa shape index (κ2) is 4.57. The van der Waals surface area contributed by atoms with Crippen molar-refractivity contribution < 1.29 is 5.11 Å². The van der Waals surface area contributed by atoms with Crippen LogP contribution in [0.5, 0.6) is 0 Å². The van der Waals surface area contributed by atoms with E-state index < -0.39 is 0 Å². The molecule has 1 aromatic carbocycles. The lowest BCUT2D eigenvalue weighted by Crippen LogP contribution is -1.98. The first kappa shape index (κ1) is 9.67. The minimum absolute atomic E-state index is 0.0331. The minimum Gasteiger partial charge on any atom is -0.392 e. The quantitative estimate of drug-likeness (QED) is 0.567. The Morgan fingerprint density at radius 1 is 1.38 bits per heavy atom. The molecule has 0 aromatic heterocycles. The number of aliphatic hydroxyl groups is 1. The van der Waals surface area contributed by atoms with Crippen LogP contribution >= 0.6 is 0 Å². The Morgan fingerprint density at radius 2 is 2.15 bits per heavy atom. The molecule has 1 aromatic rings. The number of benzene rings is 1. The van der Waals surface area contributed by atoms with Crippen molar-refractivity contribution in [2.24, 2.45) is 10.3 Å². The van der Waals surface area contributed by atoms with Crippen molar-refractivity contribution in [3.05, 3.63) is 29.8 Å². The van der Waals surface area contributed by atoms with Crippen LogP contribution in [0.1, 0.15) is 5.56 Å². The molecule has 1 N–H and O–H groups in total. The Kier molecular flexibility index (Phi) is 3.40. The molecule has 70 valence electrons. The summed E-state index contributed by atoms with van der Waals surface area (Å²) in [6, 6.07) is 7.32. The zero-order valence-electron chi connectivity index (χ0n) is 7.81. The van der Waals surface area contributed by atoms with Crippen LogP contribution in [0.25, 0.3) is 0 Å². The number of hydrogen-bond donors (Lipinski definition) is 1. The van der Waals surface area contributed by atoms with Crippen molar-refractivity contribution in [2.45, 2.75) is 6.61 Å². The Hall–Kier alpha value is -1.42. The van der Waals surface area contributed by atoms with E-state index in [4.69, 9.17) is 5.11 Å². The Balaban J connectivity index is 2.77. The highest BCUT2D eigenvalue weighted by Crippen LogP contribution is 2.14. The van der Waals surface area contributed by atoms with Crippen molar-refractivity contribution in [3.63, 3.8) is 0 Å². The predicted octanol–water partition coefficient (Wildman–Crippen LogP) is 1.74. The molecule has 0 unspecified atom stereocenters. The molecule has 4 nitrogen and oxygen atoms in total. The Bertz CT molecular complexity index is 297. The Labute approximate surface area is 77.5 Å². The third-order valence-electron chi connectivity index (χ3n) is 1.43. The Morgan fingerprint density at radius 3 is 2.77 bits per heavy atom. The van der Waals surface area contributed by atoms with Gasteiger partial charge >= 0.3 is 0 Å². The summed E-state index contributed by atoms with van der Waals surface area (Å²) in [7, 11) is 3.61. The standard InChI is InChI=1S/C9H13N3O/c1-12(2)11-10-9-5-3-4-8(6-9)7-13/h3-6,13H,7H2,1-2H3. The number of aliphatic hydroxyl groups excluding tert-OH is 1. The van der Waals surface area contributed by atoms with Crippen molar-refractivity contribution in [1.29, 1.82) is 0 Å². The molecule has 1 rings (SSSR count). The first-order chi connectivity index (χ1) is 6.22. The second-order valence-corrected chi connectivity index (χ2v) is 2.86. The van der Waals surface area contributed by atoms with Crippen LogP contribution in [0.2, 0.25) is 0 Å². The molecule has 0 heterocycles. The summed E-state index contributed by atoms with van der Waals surface area (Å²) in [5.41, 5.74) is 1.59. The zero-order valence-corrected chi connectivity index (χ0v) is 7.81. The number of hydrogen-bond acceptors (Lipinski definition) is 3. The highest BCUT2D eigenvalue weighted by Gasteiger charge is 1.92. The van der Waals surface area contributed by atoms with Gasteiger partial charge in [0.2, 0.25) is 0 Å². The second-order valence-electron chi connectivity index (χ2n) is 2.86. The molecule has 4 heteroatoms. The average molecular weight is 179 g/mol. The fourth-order valence-corrected chi connectivity index (χ4v) is 0.858. The van der Waals surface area contributed by atoms with Gasteiger partial charge in [-0.25, -0.2) is 0 Å². The molecule has 0 saturated carbocycles. The fraction of sp³-hybridized carbons (Fsp3) is 0.333. The van der Waals surface area contributed by atoms with Gasteiger partial charge in [-0.3, -0.25) is 5.01 Å². The molecule has 0 amide bonds. The summed E-state index contributed by atoms with van der Waals surface area (Å²) in [6.45, 7) is 0.0331. The van der Waals surface area contributed by atoms with Gasteiger partial charge in [0.05, 0.1) is 12.3 Å². The highest BCUT2D eigenvalue weighted by molar-refractivity contribution is 5.39. The van der Waals surface area contributed by atoms with Gasteiger partial charge in [0.15, 0.2) is 0 Å². The van der Waals surface area contributed by atoms with Gasteiger partial charge in [-0.05, 0) is 17.7 Å². The van der Waals surface area contributed by atoms with Crippen LogP contribution < -0.4 is 0 Å². The first-order valence-corrected chi connectivity index (χ1v) is 4.01. The topological polar surface area (TPSA) is 48.2 Å². The lowest BCUT2D eigenvalue weighted by molar-refractivity contribution is 0.282. The fourth-order valence-electron chi connectivity index (χ4n) is 0.858. The van der Waals surface area contributed by atoms with E-state index in [-0.39, 0.29) is 6.61 Å². The summed E-state index contributed by atoms with van der Waals surface area (Å²) < 4.78 is 0. The summed E-state index contributed by atoms with van der Waals surface area (Å²) >= 11 is 0. The molecule has 0 aliphatic heterocycles. The summed E-state index contributed by atoms with van der Waals surface area (Å²) in [4.78, 5) is 0. The smallest absolute Gasteiger partial charge is 0.0877 e. The number of nitrogens with zero attached hydrogens (tertiary/aromatic N) is 3. The molecule has 0 radical (unpaired) electrons. The van der Waals surface area contributed by atoms with Crippen LogP contribution in [0.4, 0.5) is 5.69 Å². The van der Waals surface area contributed by atoms with E-state index in [0.717, 1.165) is 11.3 Å². The van der Waals surface area contributed by atoms with Gasteiger partial charge in [0, 0.05) is 14.1 Å². The largest absolute Gasteiger partial charge is 0.392 e. The lowest BCUT2D eigenvalue weighted by atomic mass is 10.2. The van der Waals surface area contributed by atoms with Gasteiger partial charge < -0.3 is 5.11 Å². The zero-order chi connectivity index (χ0) is 9.68. The average Bonchev–Trinajstić information content (AvgIpc) is 2.15. The monoisotopic (exact) mass is 179 g/mol. The highest BCUT2D eigenvalue weighted by atomic mass is 16.3. The van der Waals surface area contributed by atoms with Crippen molar-refractivity contribution in [2.75, 3.05) is 14.1 Å². The summed E-state index contributed by atoms with van der Waals surface area (Å²) in [6.07, 6.45) is 0. The third-order valence-corrected chi connectivity index (χ3v) is 1.43. The van der Waals surface area contributed by atoms with E-state index in [1.807, 2.05) is 18.2 Å². The van der Waals surface area contributed by atoms with Crippen LogP contribution in [0.15, 0.2) is 34.6 Å². The molecular formula is C9H13N3O. The summed E-state index contributed by atoms with van der Waals surface area (Å²) in [5, 5.41) is 18.3. The van der Waals surface area contributed by atoms with Crippen molar-refractivity contribution >= 4 is 5.69 Å². The SMILES string of the molecule is CN(C)N=Nc1cccc(CO)c1. The van der Waals surface area contributed by atoms with E-state index >= 15 is 0 Å². The molecule has 0 bridgehead atoms. The molecule has 0 fully saturated rings. The van der Waals surface area contributed by atoms with E-state index in [1.165, 1.54) is 0 Å². The maximum atomic E-state index is 8.86.